The SMILES string of the molecule is Cc1cc(C(=O)N2CCN(c3ccccc3)CC2)nc(N2CCc3ccccc32)n1. The summed E-state index contributed by atoms with van der Waals surface area (Å²) in [5, 5.41) is 0. The van der Waals surface area contributed by atoms with Crippen molar-refractivity contribution in [3.05, 3.63) is 77.6 Å². The Bertz CT molecular complexity index is 1060. The fraction of sp³-hybridized carbons (Fsp3) is 0.292. The average molecular weight is 399 g/mol. The number of aromatic nitrogens is 2. The lowest BCUT2D eigenvalue weighted by molar-refractivity contribution is 0.0740. The topological polar surface area (TPSA) is 52.6 Å². The molecule has 1 amide bonds. The van der Waals surface area contributed by atoms with Crippen LogP contribution in [0.4, 0.5) is 17.3 Å². The predicted molar refractivity (Wildman–Crippen MR) is 118 cm³/mol. The van der Waals surface area contributed by atoms with E-state index in [2.05, 4.69) is 62.2 Å². The zero-order valence-corrected chi connectivity index (χ0v) is 17.2. The van der Waals surface area contributed by atoms with Crippen LogP contribution >= 0.6 is 0 Å². The molecule has 30 heavy (non-hydrogen) atoms. The van der Waals surface area contributed by atoms with Crippen molar-refractivity contribution in [1.82, 2.24) is 14.9 Å². The summed E-state index contributed by atoms with van der Waals surface area (Å²) < 4.78 is 0. The third kappa shape index (κ3) is 3.49. The van der Waals surface area contributed by atoms with Crippen molar-refractivity contribution in [3.63, 3.8) is 0 Å². The lowest BCUT2D eigenvalue weighted by Gasteiger charge is -2.36. The van der Waals surface area contributed by atoms with E-state index in [0.717, 1.165) is 37.4 Å². The first-order valence-corrected chi connectivity index (χ1v) is 10.5. The molecule has 1 saturated heterocycles. The molecule has 3 heterocycles. The molecule has 0 N–H and O–H groups in total. The van der Waals surface area contributed by atoms with Gasteiger partial charge in [-0.3, -0.25) is 4.79 Å². The standard InChI is InChI=1S/C24H25N5O/c1-18-17-21(26-24(25-18)29-12-11-19-7-5-6-10-22(19)29)23(30)28-15-13-27(14-16-28)20-8-3-2-4-9-20/h2-10,17H,11-16H2,1H3. The van der Waals surface area contributed by atoms with Crippen molar-refractivity contribution < 1.29 is 4.79 Å². The molecule has 2 aliphatic rings. The lowest BCUT2D eigenvalue weighted by atomic mass is 10.2. The number of carbonyl (C=O) groups excluding carboxylic acids is 1. The molecule has 2 aliphatic heterocycles. The van der Waals surface area contributed by atoms with Gasteiger partial charge >= 0.3 is 0 Å². The largest absolute Gasteiger partial charge is 0.368 e. The van der Waals surface area contributed by atoms with Gasteiger partial charge in [0.05, 0.1) is 0 Å². The molecule has 0 radical (unpaired) electrons. The fourth-order valence-corrected chi connectivity index (χ4v) is 4.30. The third-order valence-corrected chi connectivity index (χ3v) is 5.88. The quantitative estimate of drug-likeness (QED) is 0.675. The summed E-state index contributed by atoms with van der Waals surface area (Å²) in [6.07, 6.45) is 0.970. The van der Waals surface area contributed by atoms with Crippen LogP contribution in [0.15, 0.2) is 60.7 Å². The van der Waals surface area contributed by atoms with Crippen molar-refractivity contribution in [3.8, 4) is 0 Å². The molecule has 0 atom stereocenters. The summed E-state index contributed by atoms with van der Waals surface area (Å²) in [6, 6.07) is 20.5. The average Bonchev–Trinajstić information content (AvgIpc) is 3.23. The van der Waals surface area contributed by atoms with E-state index in [9.17, 15) is 4.79 Å². The first-order valence-electron chi connectivity index (χ1n) is 10.5. The number of amides is 1. The van der Waals surface area contributed by atoms with Gasteiger partial charge < -0.3 is 14.7 Å². The maximum absolute atomic E-state index is 13.2. The molecular weight excluding hydrogens is 374 g/mol. The Morgan fingerprint density at radius 1 is 0.867 bits per heavy atom. The Hall–Kier alpha value is -3.41. The molecule has 6 nitrogen and oxygen atoms in total. The number of para-hydroxylation sites is 2. The molecule has 0 spiro atoms. The third-order valence-electron chi connectivity index (χ3n) is 5.88. The minimum absolute atomic E-state index is 0.0121. The maximum Gasteiger partial charge on any atom is 0.272 e. The normalized spacial score (nSPS) is 16.0. The van der Waals surface area contributed by atoms with Gasteiger partial charge in [-0.25, -0.2) is 9.97 Å². The molecule has 0 bridgehead atoms. The second kappa shape index (κ2) is 7.78. The summed E-state index contributed by atoms with van der Waals surface area (Å²) >= 11 is 0. The Kier molecular flexibility index (Phi) is 4.83. The van der Waals surface area contributed by atoms with Crippen LogP contribution in [-0.4, -0.2) is 53.5 Å². The van der Waals surface area contributed by atoms with Crippen LogP contribution in [0.2, 0.25) is 0 Å². The van der Waals surface area contributed by atoms with Gasteiger partial charge in [-0.15, -0.1) is 0 Å². The van der Waals surface area contributed by atoms with E-state index in [0.29, 0.717) is 24.7 Å². The molecule has 1 fully saturated rings. The highest BCUT2D eigenvalue weighted by Crippen LogP contribution is 2.32. The van der Waals surface area contributed by atoms with Crippen molar-refractivity contribution in [2.75, 3.05) is 42.5 Å². The Balaban J connectivity index is 1.33. The van der Waals surface area contributed by atoms with Gasteiger partial charge in [0, 0.05) is 49.8 Å². The van der Waals surface area contributed by atoms with Crippen LogP contribution in [-0.2, 0) is 6.42 Å². The van der Waals surface area contributed by atoms with Crippen molar-refractivity contribution in [1.29, 1.82) is 0 Å². The summed E-state index contributed by atoms with van der Waals surface area (Å²) in [4.78, 5) is 28.9. The summed E-state index contributed by atoms with van der Waals surface area (Å²) in [5.74, 6) is 0.605. The van der Waals surface area contributed by atoms with Crippen LogP contribution in [0.3, 0.4) is 0 Å². The number of anilines is 3. The number of aryl methyl sites for hydroxylation is 1. The van der Waals surface area contributed by atoms with Crippen LogP contribution in [0.5, 0.6) is 0 Å². The Morgan fingerprint density at radius 2 is 1.60 bits per heavy atom. The van der Waals surface area contributed by atoms with Gasteiger partial charge in [0.15, 0.2) is 0 Å². The van der Waals surface area contributed by atoms with Gasteiger partial charge in [0.1, 0.15) is 5.69 Å². The number of hydrogen-bond donors (Lipinski definition) is 0. The second-order valence-electron chi connectivity index (χ2n) is 7.84. The highest BCUT2D eigenvalue weighted by atomic mass is 16.2. The number of fused-ring (bicyclic) bond motifs is 1. The molecule has 5 rings (SSSR count). The number of rotatable bonds is 3. The smallest absolute Gasteiger partial charge is 0.272 e. The monoisotopic (exact) mass is 399 g/mol. The molecule has 1 aromatic heterocycles. The molecule has 3 aromatic rings. The van der Waals surface area contributed by atoms with Gasteiger partial charge in [0.25, 0.3) is 5.91 Å². The van der Waals surface area contributed by atoms with Crippen LogP contribution in [0, 0.1) is 6.92 Å². The highest BCUT2D eigenvalue weighted by molar-refractivity contribution is 5.93. The minimum Gasteiger partial charge on any atom is -0.368 e. The van der Waals surface area contributed by atoms with E-state index in [1.807, 2.05) is 24.0 Å². The molecule has 0 aliphatic carbocycles. The fourth-order valence-electron chi connectivity index (χ4n) is 4.30. The number of hydrogen-bond acceptors (Lipinski definition) is 5. The van der Waals surface area contributed by atoms with Gasteiger partial charge in [0.2, 0.25) is 5.95 Å². The zero-order valence-electron chi connectivity index (χ0n) is 17.2. The number of piperazine rings is 1. The summed E-state index contributed by atoms with van der Waals surface area (Å²) in [6.45, 7) is 5.80. The summed E-state index contributed by atoms with van der Waals surface area (Å²) in [5.41, 5.74) is 4.94. The minimum atomic E-state index is -0.0121. The van der Waals surface area contributed by atoms with Gasteiger partial charge in [-0.1, -0.05) is 36.4 Å². The van der Waals surface area contributed by atoms with E-state index in [-0.39, 0.29) is 5.91 Å². The van der Waals surface area contributed by atoms with Crippen molar-refractivity contribution in [2.24, 2.45) is 0 Å². The van der Waals surface area contributed by atoms with Gasteiger partial charge in [-0.2, -0.15) is 0 Å². The number of carbonyl (C=O) groups is 1. The molecule has 6 heteroatoms. The zero-order chi connectivity index (χ0) is 20.5. The van der Waals surface area contributed by atoms with E-state index >= 15 is 0 Å². The molecule has 152 valence electrons. The maximum atomic E-state index is 13.2. The van der Waals surface area contributed by atoms with E-state index in [4.69, 9.17) is 0 Å². The second-order valence-corrected chi connectivity index (χ2v) is 7.84. The van der Waals surface area contributed by atoms with Crippen molar-refractivity contribution in [2.45, 2.75) is 13.3 Å². The van der Waals surface area contributed by atoms with Crippen molar-refractivity contribution >= 4 is 23.2 Å². The van der Waals surface area contributed by atoms with Crippen LogP contribution < -0.4 is 9.80 Å². The first kappa shape index (κ1) is 18.6. The first-order chi connectivity index (χ1) is 14.7. The van der Waals surface area contributed by atoms with E-state index in [1.165, 1.54) is 11.3 Å². The number of nitrogens with zero attached hydrogens (tertiary/aromatic N) is 5. The lowest BCUT2D eigenvalue weighted by Crippen LogP contribution is -2.49. The summed E-state index contributed by atoms with van der Waals surface area (Å²) in [7, 11) is 0. The van der Waals surface area contributed by atoms with Gasteiger partial charge in [-0.05, 0) is 43.2 Å². The predicted octanol–water partition coefficient (Wildman–Crippen LogP) is 3.44. The molecular formula is C24H25N5O. The number of benzene rings is 2. The Labute approximate surface area is 176 Å². The van der Waals surface area contributed by atoms with E-state index < -0.39 is 0 Å². The van der Waals surface area contributed by atoms with Crippen LogP contribution in [0.25, 0.3) is 0 Å². The van der Waals surface area contributed by atoms with Crippen LogP contribution in [0.1, 0.15) is 21.7 Å². The van der Waals surface area contributed by atoms with E-state index in [1.54, 1.807) is 6.07 Å². The molecule has 0 saturated carbocycles. The molecule has 2 aromatic carbocycles. The highest BCUT2D eigenvalue weighted by Gasteiger charge is 2.26. The molecule has 0 unspecified atom stereocenters. The Morgan fingerprint density at radius 3 is 2.40 bits per heavy atom.